The molecule has 1 aromatic rings. The molecule has 2 rings (SSSR count). The van der Waals surface area contributed by atoms with Crippen LogP contribution >= 0.6 is 11.5 Å². The van der Waals surface area contributed by atoms with Crippen LogP contribution in [-0.4, -0.2) is 56.5 Å². The standard InChI is InChI=1S/C12H19N3O4S/c1-4-19-12(16)9-10(13)14-20-11(9)15-5-7(17-2)8(6-15)18-3/h7-8H,4-6H2,1-3H3,(H2,13,14). The van der Waals surface area contributed by atoms with E-state index in [1.165, 1.54) is 11.5 Å². The van der Waals surface area contributed by atoms with Gasteiger partial charge >= 0.3 is 5.97 Å². The molecule has 112 valence electrons. The van der Waals surface area contributed by atoms with Crippen molar-refractivity contribution < 1.29 is 19.0 Å². The Balaban J connectivity index is 2.24. The number of methoxy groups -OCH3 is 2. The number of aromatic nitrogens is 1. The van der Waals surface area contributed by atoms with Crippen LogP contribution in [0.1, 0.15) is 17.3 Å². The largest absolute Gasteiger partial charge is 0.462 e. The van der Waals surface area contributed by atoms with Gasteiger partial charge in [-0.1, -0.05) is 0 Å². The molecule has 0 bridgehead atoms. The van der Waals surface area contributed by atoms with Crippen molar-refractivity contribution in [3.63, 3.8) is 0 Å². The Hall–Kier alpha value is -1.38. The van der Waals surface area contributed by atoms with E-state index in [9.17, 15) is 4.79 Å². The second kappa shape index (κ2) is 6.38. The van der Waals surface area contributed by atoms with Crippen LogP contribution in [0.2, 0.25) is 0 Å². The molecule has 1 aliphatic rings. The molecular weight excluding hydrogens is 282 g/mol. The van der Waals surface area contributed by atoms with Gasteiger partial charge < -0.3 is 24.8 Å². The Morgan fingerprint density at radius 1 is 1.40 bits per heavy atom. The smallest absolute Gasteiger partial charge is 0.345 e. The monoisotopic (exact) mass is 301 g/mol. The molecule has 20 heavy (non-hydrogen) atoms. The summed E-state index contributed by atoms with van der Waals surface area (Å²) in [4.78, 5) is 14.0. The number of esters is 1. The maximum absolute atomic E-state index is 12.0. The zero-order valence-corrected chi connectivity index (χ0v) is 12.6. The Kier molecular flexibility index (Phi) is 4.79. The van der Waals surface area contributed by atoms with Crippen LogP contribution in [0, 0.1) is 0 Å². The zero-order valence-electron chi connectivity index (χ0n) is 11.8. The minimum absolute atomic E-state index is 0.0432. The van der Waals surface area contributed by atoms with Crippen molar-refractivity contribution in [3.8, 4) is 0 Å². The highest BCUT2D eigenvalue weighted by Gasteiger charge is 2.36. The summed E-state index contributed by atoms with van der Waals surface area (Å²) >= 11 is 1.19. The molecule has 0 saturated carbocycles. The number of anilines is 2. The van der Waals surface area contributed by atoms with Crippen molar-refractivity contribution in [3.05, 3.63) is 5.56 Å². The van der Waals surface area contributed by atoms with Crippen LogP contribution in [-0.2, 0) is 14.2 Å². The molecule has 1 fully saturated rings. The summed E-state index contributed by atoms with van der Waals surface area (Å²) in [7, 11) is 3.29. The number of nitrogen functional groups attached to an aromatic ring is 1. The lowest BCUT2D eigenvalue weighted by atomic mass is 10.3. The van der Waals surface area contributed by atoms with Crippen LogP contribution in [0.3, 0.4) is 0 Å². The van der Waals surface area contributed by atoms with Crippen LogP contribution in [0.15, 0.2) is 0 Å². The first-order valence-corrected chi connectivity index (χ1v) is 7.12. The van der Waals surface area contributed by atoms with Gasteiger partial charge in [-0.15, -0.1) is 0 Å². The predicted molar refractivity (Wildman–Crippen MR) is 76.3 cm³/mol. The quantitative estimate of drug-likeness (QED) is 0.803. The van der Waals surface area contributed by atoms with Gasteiger partial charge in [-0.25, -0.2) is 4.79 Å². The van der Waals surface area contributed by atoms with E-state index in [1.54, 1.807) is 21.1 Å². The highest BCUT2D eigenvalue weighted by molar-refractivity contribution is 7.11. The molecule has 2 N–H and O–H groups in total. The summed E-state index contributed by atoms with van der Waals surface area (Å²) in [5, 5.41) is 0.711. The summed E-state index contributed by atoms with van der Waals surface area (Å²) < 4.78 is 19.9. The van der Waals surface area contributed by atoms with E-state index in [2.05, 4.69) is 4.37 Å². The molecule has 2 atom stereocenters. The zero-order chi connectivity index (χ0) is 14.7. The van der Waals surface area contributed by atoms with E-state index < -0.39 is 5.97 Å². The summed E-state index contributed by atoms with van der Waals surface area (Å²) in [6.07, 6.45) is -0.0864. The van der Waals surface area contributed by atoms with Gasteiger partial charge in [0.25, 0.3) is 0 Å². The Morgan fingerprint density at radius 3 is 2.50 bits per heavy atom. The van der Waals surface area contributed by atoms with Crippen LogP contribution < -0.4 is 10.6 Å². The van der Waals surface area contributed by atoms with Gasteiger partial charge in [-0.3, -0.25) is 0 Å². The summed E-state index contributed by atoms with van der Waals surface area (Å²) in [5.41, 5.74) is 6.12. The minimum atomic E-state index is -0.441. The topological polar surface area (TPSA) is 86.9 Å². The molecular formula is C12H19N3O4S. The van der Waals surface area contributed by atoms with E-state index >= 15 is 0 Å². The third kappa shape index (κ3) is 2.72. The number of carbonyl (C=O) groups excluding carboxylic acids is 1. The summed E-state index contributed by atoms with van der Waals surface area (Å²) in [6, 6.07) is 0. The van der Waals surface area contributed by atoms with Gasteiger partial charge in [0.15, 0.2) is 5.82 Å². The molecule has 2 heterocycles. The fourth-order valence-electron chi connectivity index (χ4n) is 2.27. The number of nitrogens with zero attached hydrogens (tertiary/aromatic N) is 2. The average molecular weight is 301 g/mol. The normalized spacial score (nSPS) is 22.2. The fourth-order valence-corrected chi connectivity index (χ4v) is 3.09. The lowest BCUT2D eigenvalue weighted by Crippen LogP contribution is -2.27. The van der Waals surface area contributed by atoms with Gasteiger partial charge in [0.1, 0.15) is 22.8 Å². The Labute approximate surface area is 121 Å². The van der Waals surface area contributed by atoms with Crippen molar-refractivity contribution in [1.29, 1.82) is 0 Å². The number of nitrogens with two attached hydrogens (primary N) is 1. The molecule has 0 aromatic carbocycles. The van der Waals surface area contributed by atoms with Gasteiger partial charge in [-0.05, 0) is 18.5 Å². The maximum atomic E-state index is 12.0. The lowest BCUT2D eigenvalue weighted by molar-refractivity contribution is -0.00461. The molecule has 2 unspecified atom stereocenters. The molecule has 1 aromatic heterocycles. The molecule has 0 spiro atoms. The molecule has 1 aliphatic heterocycles. The predicted octanol–water partition coefficient (Wildman–Crippen LogP) is 0.752. The van der Waals surface area contributed by atoms with Gasteiger partial charge in [0.2, 0.25) is 0 Å². The Morgan fingerprint density at radius 2 is 2.00 bits per heavy atom. The first kappa shape index (κ1) is 15.0. The molecule has 8 heteroatoms. The number of carbonyl (C=O) groups is 1. The molecule has 7 nitrogen and oxygen atoms in total. The van der Waals surface area contributed by atoms with E-state index in [-0.39, 0.29) is 18.0 Å². The van der Waals surface area contributed by atoms with E-state index in [0.29, 0.717) is 30.3 Å². The first-order valence-electron chi connectivity index (χ1n) is 6.35. The number of hydrogen-bond acceptors (Lipinski definition) is 8. The minimum Gasteiger partial charge on any atom is -0.462 e. The van der Waals surface area contributed by atoms with Gasteiger partial charge in [0, 0.05) is 27.3 Å². The maximum Gasteiger partial charge on any atom is 0.345 e. The molecule has 0 aliphatic carbocycles. The summed E-state index contributed by atoms with van der Waals surface area (Å²) in [5.74, 6) is -0.234. The third-order valence-electron chi connectivity index (χ3n) is 3.29. The highest BCUT2D eigenvalue weighted by Crippen LogP contribution is 2.34. The second-order valence-corrected chi connectivity index (χ2v) is 5.17. The lowest BCUT2D eigenvalue weighted by Gasteiger charge is -2.16. The van der Waals surface area contributed by atoms with Crippen LogP contribution in [0.5, 0.6) is 0 Å². The average Bonchev–Trinajstić information content (AvgIpc) is 3.01. The van der Waals surface area contributed by atoms with Crippen molar-refractivity contribution in [2.75, 3.05) is 44.5 Å². The Bertz CT molecular complexity index is 467. The van der Waals surface area contributed by atoms with Crippen molar-refractivity contribution in [2.24, 2.45) is 0 Å². The fraction of sp³-hybridized carbons (Fsp3) is 0.667. The third-order valence-corrected chi connectivity index (χ3v) is 4.21. The first-order chi connectivity index (χ1) is 9.62. The van der Waals surface area contributed by atoms with Crippen molar-refractivity contribution in [2.45, 2.75) is 19.1 Å². The van der Waals surface area contributed by atoms with Crippen molar-refractivity contribution >= 4 is 28.3 Å². The van der Waals surface area contributed by atoms with Crippen LogP contribution in [0.4, 0.5) is 10.8 Å². The van der Waals surface area contributed by atoms with Gasteiger partial charge in [-0.2, -0.15) is 4.37 Å². The summed E-state index contributed by atoms with van der Waals surface area (Å²) in [6.45, 7) is 3.31. The second-order valence-electron chi connectivity index (χ2n) is 4.42. The number of rotatable bonds is 5. The number of ether oxygens (including phenoxy) is 3. The highest BCUT2D eigenvalue weighted by atomic mass is 32.1. The van der Waals surface area contributed by atoms with Crippen molar-refractivity contribution in [1.82, 2.24) is 4.37 Å². The van der Waals surface area contributed by atoms with E-state index in [1.807, 2.05) is 4.90 Å². The van der Waals surface area contributed by atoms with E-state index in [0.717, 1.165) is 0 Å². The molecule has 1 saturated heterocycles. The van der Waals surface area contributed by atoms with Crippen LogP contribution in [0.25, 0.3) is 0 Å². The van der Waals surface area contributed by atoms with E-state index in [4.69, 9.17) is 19.9 Å². The SMILES string of the molecule is CCOC(=O)c1c(N)nsc1N1CC(OC)C(OC)C1. The number of hydrogen-bond donors (Lipinski definition) is 1. The molecule has 0 amide bonds. The molecule has 0 radical (unpaired) electrons. The van der Waals surface area contributed by atoms with Gasteiger partial charge in [0.05, 0.1) is 6.61 Å².